The number of aromatic hydroxyl groups is 1. The summed E-state index contributed by atoms with van der Waals surface area (Å²) in [5, 5.41) is 9.61. The van der Waals surface area contributed by atoms with Crippen LogP contribution in [0.5, 0.6) is 11.5 Å². The number of hydrogen-bond donors (Lipinski definition) is 2. The van der Waals surface area contributed by atoms with Crippen LogP contribution in [0.2, 0.25) is 0 Å². The Hall–Kier alpha value is -1.40. The van der Waals surface area contributed by atoms with Gasteiger partial charge in [0, 0.05) is 11.6 Å². The van der Waals surface area contributed by atoms with Gasteiger partial charge in [-0.1, -0.05) is 18.2 Å². The predicted molar refractivity (Wildman–Crippen MR) is 63.8 cm³/mol. The molecule has 0 saturated heterocycles. The van der Waals surface area contributed by atoms with Gasteiger partial charge >= 0.3 is 6.36 Å². The highest BCUT2D eigenvalue weighted by atomic mass is 35.5. The Morgan fingerprint density at radius 1 is 1.44 bits per heavy atom. The van der Waals surface area contributed by atoms with Gasteiger partial charge in [0.15, 0.2) is 11.5 Å². The minimum absolute atomic E-state index is 0. The number of ether oxygens (including phenoxy) is 1. The summed E-state index contributed by atoms with van der Waals surface area (Å²) in [6.07, 6.45) is -3.00. The molecule has 7 heteroatoms. The summed E-state index contributed by atoms with van der Waals surface area (Å²) in [6, 6.07) is 3.17. The maximum Gasteiger partial charge on any atom is 0.573 e. The Kier molecular flexibility index (Phi) is 6.00. The highest BCUT2D eigenvalue weighted by molar-refractivity contribution is 5.85. The van der Waals surface area contributed by atoms with Crippen molar-refractivity contribution in [2.75, 3.05) is 0 Å². The minimum atomic E-state index is -4.85. The largest absolute Gasteiger partial charge is 0.573 e. The zero-order valence-corrected chi connectivity index (χ0v) is 10.1. The van der Waals surface area contributed by atoms with E-state index in [-0.39, 0.29) is 18.0 Å². The van der Waals surface area contributed by atoms with Crippen molar-refractivity contribution in [3.8, 4) is 11.5 Å². The van der Waals surface area contributed by atoms with E-state index in [0.717, 1.165) is 6.07 Å². The number of nitrogens with two attached hydrogens (primary N) is 1. The van der Waals surface area contributed by atoms with Crippen LogP contribution in [0.4, 0.5) is 13.2 Å². The highest BCUT2D eigenvalue weighted by Crippen LogP contribution is 2.36. The van der Waals surface area contributed by atoms with Crippen molar-refractivity contribution in [2.24, 2.45) is 5.73 Å². The van der Waals surface area contributed by atoms with E-state index in [1.54, 1.807) is 0 Å². The van der Waals surface area contributed by atoms with E-state index in [1.165, 1.54) is 18.2 Å². The molecule has 0 aromatic heterocycles. The van der Waals surface area contributed by atoms with Crippen molar-refractivity contribution in [3.05, 3.63) is 36.4 Å². The van der Waals surface area contributed by atoms with Gasteiger partial charge in [0.05, 0.1) is 0 Å². The summed E-state index contributed by atoms with van der Waals surface area (Å²) in [6.45, 7) is 3.46. The monoisotopic (exact) mass is 283 g/mol. The molecule has 1 rings (SSSR count). The van der Waals surface area contributed by atoms with Crippen LogP contribution in [0.15, 0.2) is 30.9 Å². The zero-order valence-electron chi connectivity index (χ0n) is 9.28. The third kappa shape index (κ3) is 4.46. The van der Waals surface area contributed by atoms with Gasteiger partial charge in [-0.15, -0.1) is 32.2 Å². The van der Waals surface area contributed by atoms with Gasteiger partial charge in [0.1, 0.15) is 0 Å². The number of benzene rings is 1. The first-order valence-corrected chi connectivity index (χ1v) is 4.79. The number of rotatable bonds is 4. The molecule has 1 atom stereocenters. The Morgan fingerprint density at radius 2 is 2.06 bits per heavy atom. The van der Waals surface area contributed by atoms with Crippen LogP contribution in [-0.2, 0) is 0 Å². The molecule has 0 spiro atoms. The molecule has 0 aliphatic carbocycles. The Balaban J connectivity index is 0.00000289. The van der Waals surface area contributed by atoms with Gasteiger partial charge in [-0.25, -0.2) is 0 Å². The Bertz CT molecular complexity index is 410. The maximum atomic E-state index is 12.0. The molecule has 0 aliphatic heterocycles. The lowest BCUT2D eigenvalue weighted by molar-refractivity contribution is -0.275. The zero-order chi connectivity index (χ0) is 13.1. The van der Waals surface area contributed by atoms with E-state index in [9.17, 15) is 18.3 Å². The molecule has 0 aliphatic rings. The minimum Gasteiger partial charge on any atom is -0.504 e. The fraction of sp³-hybridized carbons (Fsp3) is 0.273. The average molecular weight is 284 g/mol. The molecule has 1 aromatic carbocycles. The molecular weight excluding hydrogens is 271 g/mol. The van der Waals surface area contributed by atoms with Crippen LogP contribution in [0.1, 0.15) is 18.0 Å². The molecule has 3 N–H and O–H groups in total. The second-order valence-corrected chi connectivity index (χ2v) is 3.37. The molecule has 18 heavy (non-hydrogen) atoms. The van der Waals surface area contributed by atoms with Crippen molar-refractivity contribution in [2.45, 2.75) is 18.8 Å². The molecule has 0 unspecified atom stereocenters. The van der Waals surface area contributed by atoms with Crippen molar-refractivity contribution in [3.63, 3.8) is 0 Å². The van der Waals surface area contributed by atoms with Crippen LogP contribution in [0.25, 0.3) is 0 Å². The van der Waals surface area contributed by atoms with Crippen molar-refractivity contribution in [1.29, 1.82) is 0 Å². The summed E-state index contributed by atoms with van der Waals surface area (Å²) in [5.41, 5.74) is 5.86. The standard InChI is InChI=1S/C11H12F3NO2.ClH/c1-2-4-8(15)7-5-3-6-9(10(7)16)17-11(12,13)14;/h2-3,5-6,8,16H,1,4,15H2;1H/t8-;/m0./s1. The van der Waals surface area contributed by atoms with Crippen molar-refractivity contribution >= 4 is 12.4 Å². The SMILES string of the molecule is C=CC[C@H](N)c1cccc(OC(F)(F)F)c1O.Cl. The molecule has 1 aromatic rings. The molecule has 0 amide bonds. The van der Waals surface area contributed by atoms with Crippen molar-refractivity contribution in [1.82, 2.24) is 0 Å². The summed E-state index contributed by atoms with van der Waals surface area (Å²) in [7, 11) is 0. The third-order valence-electron chi connectivity index (χ3n) is 2.08. The summed E-state index contributed by atoms with van der Waals surface area (Å²) < 4.78 is 39.7. The molecule has 0 bridgehead atoms. The van der Waals surface area contributed by atoms with Crippen LogP contribution in [0.3, 0.4) is 0 Å². The molecule has 0 saturated carbocycles. The van der Waals surface area contributed by atoms with Gasteiger partial charge in [-0.05, 0) is 12.5 Å². The summed E-state index contributed by atoms with van der Waals surface area (Å²) >= 11 is 0. The van der Waals surface area contributed by atoms with E-state index in [1.807, 2.05) is 0 Å². The second-order valence-electron chi connectivity index (χ2n) is 3.37. The molecule has 0 heterocycles. The number of phenols is 1. The number of hydrogen-bond acceptors (Lipinski definition) is 3. The lowest BCUT2D eigenvalue weighted by atomic mass is 10.0. The number of halogens is 4. The number of para-hydroxylation sites is 1. The highest BCUT2D eigenvalue weighted by Gasteiger charge is 2.32. The van der Waals surface area contributed by atoms with Gasteiger partial charge in [-0.2, -0.15) is 0 Å². The van der Waals surface area contributed by atoms with E-state index in [2.05, 4.69) is 11.3 Å². The molecule has 0 fully saturated rings. The Morgan fingerprint density at radius 3 is 2.56 bits per heavy atom. The quantitative estimate of drug-likeness (QED) is 0.834. The molecular formula is C11H13ClF3NO2. The van der Waals surface area contributed by atoms with Crippen LogP contribution in [0, 0.1) is 0 Å². The normalized spacial score (nSPS) is 12.4. The van der Waals surface area contributed by atoms with E-state index in [0.29, 0.717) is 6.42 Å². The van der Waals surface area contributed by atoms with Gasteiger partial charge in [0.2, 0.25) is 0 Å². The van der Waals surface area contributed by atoms with Crippen LogP contribution >= 0.6 is 12.4 Å². The smallest absolute Gasteiger partial charge is 0.504 e. The average Bonchev–Trinajstić information content (AvgIpc) is 2.19. The van der Waals surface area contributed by atoms with Crippen LogP contribution < -0.4 is 10.5 Å². The Labute approximate surface area is 108 Å². The fourth-order valence-electron chi connectivity index (χ4n) is 1.35. The van der Waals surface area contributed by atoms with E-state index < -0.39 is 23.9 Å². The first kappa shape index (κ1) is 16.6. The lowest BCUT2D eigenvalue weighted by Gasteiger charge is -2.15. The third-order valence-corrected chi connectivity index (χ3v) is 2.08. The van der Waals surface area contributed by atoms with Crippen LogP contribution in [-0.4, -0.2) is 11.5 Å². The summed E-state index contributed by atoms with van der Waals surface area (Å²) in [4.78, 5) is 0. The molecule has 3 nitrogen and oxygen atoms in total. The maximum absolute atomic E-state index is 12.0. The number of phenolic OH excluding ortho intramolecular Hbond substituents is 1. The van der Waals surface area contributed by atoms with Gasteiger partial charge in [-0.3, -0.25) is 0 Å². The summed E-state index contributed by atoms with van der Waals surface area (Å²) in [5.74, 6) is -1.26. The van der Waals surface area contributed by atoms with Crippen molar-refractivity contribution < 1.29 is 23.0 Å². The lowest BCUT2D eigenvalue weighted by Crippen LogP contribution is -2.18. The molecule has 0 radical (unpaired) electrons. The van der Waals surface area contributed by atoms with E-state index >= 15 is 0 Å². The topological polar surface area (TPSA) is 55.5 Å². The number of alkyl halides is 3. The van der Waals surface area contributed by atoms with E-state index in [4.69, 9.17) is 5.73 Å². The first-order valence-electron chi connectivity index (χ1n) is 4.79. The van der Waals surface area contributed by atoms with Gasteiger partial charge < -0.3 is 15.6 Å². The predicted octanol–water partition coefficient (Wildman–Crippen LogP) is 3.29. The molecule has 102 valence electrons. The fourth-order valence-corrected chi connectivity index (χ4v) is 1.35. The van der Waals surface area contributed by atoms with Gasteiger partial charge in [0.25, 0.3) is 0 Å². The second kappa shape index (κ2) is 6.51. The first-order chi connectivity index (χ1) is 7.85.